The number of esters is 1. The molecule has 2 unspecified atom stereocenters. The van der Waals surface area contributed by atoms with Crippen LogP contribution in [0.4, 0.5) is 15.3 Å². The zero-order valence-electron chi connectivity index (χ0n) is 21.2. The van der Waals surface area contributed by atoms with Gasteiger partial charge in [-0.1, -0.05) is 30.3 Å². The van der Waals surface area contributed by atoms with E-state index in [1.807, 2.05) is 6.07 Å². The molecule has 0 saturated carbocycles. The maximum absolute atomic E-state index is 13.1. The van der Waals surface area contributed by atoms with Crippen molar-refractivity contribution in [3.05, 3.63) is 70.3 Å². The predicted octanol–water partition coefficient (Wildman–Crippen LogP) is 4.62. The second-order valence-electron chi connectivity index (χ2n) is 8.95. The maximum Gasteiger partial charge on any atom is 0.414 e. The second-order valence-corrected chi connectivity index (χ2v) is 8.95. The number of hydrogen-bond donors (Lipinski definition) is 0. The summed E-state index contributed by atoms with van der Waals surface area (Å²) in [6, 6.07) is 13.0. The van der Waals surface area contributed by atoms with Crippen LogP contribution in [0.15, 0.2) is 59.6 Å². The van der Waals surface area contributed by atoms with Crippen molar-refractivity contribution in [2.45, 2.75) is 39.3 Å². The Morgan fingerprint density at radius 2 is 1.86 bits per heavy atom. The average Bonchev–Trinajstić information content (AvgIpc) is 2.85. The van der Waals surface area contributed by atoms with Crippen molar-refractivity contribution >= 4 is 29.5 Å². The molecule has 2 aromatic rings. The van der Waals surface area contributed by atoms with Gasteiger partial charge in [0.25, 0.3) is 5.69 Å². The highest BCUT2D eigenvalue weighted by atomic mass is 16.6. The fourth-order valence-corrected chi connectivity index (χ4v) is 4.08. The number of nitrogens with zero attached hydrogens (tertiary/aromatic N) is 4. The molecule has 1 heterocycles. The third kappa shape index (κ3) is 6.90. The molecule has 0 bridgehead atoms. The van der Waals surface area contributed by atoms with Crippen molar-refractivity contribution in [2.24, 2.45) is 10.9 Å². The molecule has 196 valence electrons. The molecule has 0 N–H and O–H groups in total. The third-order valence-electron chi connectivity index (χ3n) is 5.80. The molecule has 0 fully saturated rings. The number of rotatable bonds is 9. The lowest BCUT2D eigenvalue weighted by molar-refractivity contribution is -0.385. The van der Waals surface area contributed by atoms with Gasteiger partial charge in [0.05, 0.1) is 17.1 Å². The minimum absolute atomic E-state index is 0.136. The molecule has 37 heavy (non-hydrogen) atoms. The monoisotopic (exact) mass is 510 g/mol. The Morgan fingerprint density at radius 3 is 2.51 bits per heavy atom. The highest BCUT2D eigenvalue weighted by molar-refractivity contribution is 6.08. The Bertz CT molecular complexity index is 1180. The number of ether oxygens (including phenoxy) is 2. The van der Waals surface area contributed by atoms with Gasteiger partial charge in [-0.25, -0.2) is 14.6 Å². The number of non-ortho nitro benzene ring substituents is 1. The van der Waals surface area contributed by atoms with Crippen LogP contribution in [0.25, 0.3) is 0 Å². The summed E-state index contributed by atoms with van der Waals surface area (Å²) >= 11 is 0. The van der Waals surface area contributed by atoms with Gasteiger partial charge in [-0.15, -0.1) is 0 Å². The minimum Gasteiger partial charge on any atom is -0.462 e. The topological polar surface area (TPSA) is 132 Å². The van der Waals surface area contributed by atoms with Gasteiger partial charge >= 0.3 is 18.1 Å². The van der Waals surface area contributed by atoms with Crippen LogP contribution >= 0.6 is 0 Å². The van der Waals surface area contributed by atoms with Crippen molar-refractivity contribution in [3.63, 3.8) is 0 Å². The van der Waals surface area contributed by atoms with E-state index in [-0.39, 0.29) is 24.5 Å². The molecule has 1 aliphatic heterocycles. The lowest BCUT2D eigenvalue weighted by Gasteiger charge is -2.39. The Balaban J connectivity index is 1.82. The van der Waals surface area contributed by atoms with Gasteiger partial charge in [-0.2, -0.15) is 0 Å². The summed E-state index contributed by atoms with van der Waals surface area (Å²) in [5.41, 5.74) is 0.524. The molecule has 0 spiro atoms. The first-order valence-corrected chi connectivity index (χ1v) is 11.9. The van der Waals surface area contributed by atoms with Gasteiger partial charge in [-0.05, 0) is 44.9 Å². The molecule has 3 rings (SSSR count). The number of carbonyl (C=O) groups excluding carboxylic acids is 3. The molecule has 3 amide bonds. The molecule has 2 aromatic carbocycles. The van der Waals surface area contributed by atoms with Gasteiger partial charge in [-0.3, -0.25) is 14.9 Å². The Kier molecular flexibility index (Phi) is 8.94. The Labute approximate surface area is 214 Å². The van der Waals surface area contributed by atoms with Crippen molar-refractivity contribution in [2.75, 3.05) is 20.1 Å². The molecule has 0 radical (unpaired) electrons. The quantitative estimate of drug-likeness (QED) is 0.273. The first-order chi connectivity index (χ1) is 17.6. The molecule has 0 saturated heterocycles. The smallest absolute Gasteiger partial charge is 0.414 e. The molecule has 11 heteroatoms. The standard InChI is InChI=1S/C26H30N4O7/c1-17(2)36-24(31)22-18(3)27-25(32)29(23(22)19-10-8-11-20(16-19)30(34)35)15-9-14-28(4)26(33)37-21-12-6-5-7-13-21/h5-8,10-13,16-17,22-23H,9,14-15H2,1-4H3. The minimum atomic E-state index is -0.942. The maximum atomic E-state index is 13.1. The van der Waals surface area contributed by atoms with Crippen LogP contribution in [-0.2, 0) is 9.53 Å². The number of aliphatic imine (C=N–C) groups is 1. The third-order valence-corrected chi connectivity index (χ3v) is 5.80. The fraction of sp³-hybridized carbons (Fsp3) is 0.385. The molecule has 1 aliphatic rings. The van der Waals surface area contributed by atoms with Crippen LogP contribution in [0.2, 0.25) is 0 Å². The van der Waals surface area contributed by atoms with E-state index in [4.69, 9.17) is 9.47 Å². The largest absolute Gasteiger partial charge is 0.462 e. The predicted molar refractivity (Wildman–Crippen MR) is 135 cm³/mol. The zero-order valence-corrected chi connectivity index (χ0v) is 21.2. The highest BCUT2D eigenvalue weighted by Gasteiger charge is 2.43. The molecular weight excluding hydrogens is 480 g/mol. The van der Waals surface area contributed by atoms with Crippen LogP contribution in [0.3, 0.4) is 0 Å². The van der Waals surface area contributed by atoms with Crippen molar-refractivity contribution < 1.29 is 28.8 Å². The van der Waals surface area contributed by atoms with Crippen molar-refractivity contribution in [1.29, 1.82) is 0 Å². The number of amides is 3. The SMILES string of the molecule is CC1=NC(=O)N(CCCN(C)C(=O)Oc2ccccc2)C(c2cccc([N+](=O)[O-])c2)C1C(=O)OC(C)C. The van der Waals surface area contributed by atoms with E-state index in [0.29, 0.717) is 17.7 Å². The van der Waals surface area contributed by atoms with Crippen molar-refractivity contribution in [3.8, 4) is 5.75 Å². The summed E-state index contributed by atoms with van der Waals surface area (Å²) < 4.78 is 10.8. The van der Waals surface area contributed by atoms with Crippen LogP contribution in [0.5, 0.6) is 5.75 Å². The number of benzene rings is 2. The van der Waals surface area contributed by atoms with Gasteiger partial charge in [0.2, 0.25) is 0 Å². The molecule has 2 atom stereocenters. The summed E-state index contributed by atoms with van der Waals surface area (Å²) in [5.74, 6) is -1.11. The highest BCUT2D eigenvalue weighted by Crippen LogP contribution is 2.36. The van der Waals surface area contributed by atoms with Gasteiger partial charge in [0, 0.05) is 38.0 Å². The van der Waals surface area contributed by atoms with E-state index in [0.717, 1.165) is 0 Å². The lowest BCUT2D eigenvalue weighted by atomic mass is 9.86. The Hall–Kier alpha value is -4.28. The fourth-order valence-electron chi connectivity index (χ4n) is 4.08. The summed E-state index contributed by atoms with van der Waals surface area (Å²) in [5, 5.41) is 11.4. The number of para-hydroxylation sites is 1. The number of urea groups is 1. The molecular formula is C26H30N4O7. The molecule has 0 aromatic heterocycles. The second kappa shape index (κ2) is 12.1. The number of hydrogen-bond acceptors (Lipinski definition) is 7. The van der Waals surface area contributed by atoms with Crippen LogP contribution in [0.1, 0.15) is 38.8 Å². The summed E-state index contributed by atoms with van der Waals surface area (Å²) in [6.07, 6.45) is -0.613. The van der Waals surface area contributed by atoms with Gasteiger partial charge < -0.3 is 19.3 Å². The summed E-state index contributed by atoms with van der Waals surface area (Å²) in [6.45, 7) is 5.38. The zero-order chi connectivity index (χ0) is 27.1. The van der Waals surface area contributed by atoms with E-state index >= 15 is 0 Å². The van der Waals surface area contributed by atoms with E-state index < -0.39 is 41.1 Å². The molecule has 0 aliphatic carbocycles. The first-order valence-electron chi connectivity index (χ1n) is 11.9. The number of nitro benzene ring substituents is 1. The first kappa shape index (κ1) is 27.3. The number of carbonyl (C=O) groups is 3. The van der Waals surface area contributed by atoms with E-state index in [2.05, 4.69) is 4.99 Å². The van der Waals surface area contributed by atoms with Crippen molar-refractivity contribution in [1.82, 2.24) is 9.80 Å². The van der Waals surface area contributed by atoms with Crippen LogP contribution in [0, 0.1) is 16.0 Å². The van der Waals surface area contributed by atoms with Crippen LogP contribution < -0.4 is 4.74 Å². The van der Waals surface area contributed by atoms with E-state index in [1.54, 1.807) is 58.2 Å². The van der Waals surface area contributed by atoms with Gasteiger partial charge in [0.1, 0.15) is 11.7 Å². The van der Waals surface area contributed by atoms with Gasteiger partial charge in [0.15, 0.2) is 0 Å². The lowest BCUT2D eigenvalue weighted by Crippen LogP contribution is -2.48. The summed E-state index contributed by atoms with van der Waals surface area (Å²) in [7, 11) is 1.58. The molecule has 11 nitrogen and oxygen atoms in total. The number of nitro groups is 1. The van der Waals surface area contributed by atoms with Crippen LogP contribution in [-0.4, -0.2) is 64.8 Å². The average molecular weight is 511 g/mol. The van der Waals surface area contributed by atoms with E-state index in [1.165, 1.54) is 28.0 Å². The normalized spacial score (nSPS) is 17.3. The van der Waals surface area contributed by atoms with E-state index in [9.17, 15) is 24.5 Å². The Morgan fingerprint density at radius 1 is 1.16 bits per heavy atom. The summed E-state index contributed by atoms with van der Waals surface area (Å²) in [4.78, 5) is 56.2.